The number of amides is 2. The number of rotatable bonds is 6. The van der Waals surface area contributed by atoms with Crippen molar-refractivity contribution in [2.45, 2.75) is 6.61 Å². The molecule has 0 saturated carbocycles. The number of ether oxygens (including phenoxy) is 1. The fourth-order valence-electron chi connectivity index (χ4n) is 3.19. The van der Waals surface area contributed by atoms with E-state index in [1.54, 1.807) is 36.4 Å². The number of hydrogen-bond acceptors (Lipinski definition) is 5. The lowest BCUT2D eigenvalue weighted by Gasteiger charge is -2.08. The van der Waals surface area contributed by atoms with Crippen molar-refractivity contribution in [3.8, 4) is 11.5 Å². The van der Waals surface area contributed by atoms with Crippen molar-refractivity contribution in [1.82, 2.24) is 5.43 Å². The summed E-state index contributed by atoms with van der Waals surface area (Å²) in [5.41, 5.74) is 4.11. The van der Waals surface area contributed by atoms with Gasteiger partial charge in [-0.15, -0.1) is 0 Å². The van der Waals surface area contributed by atoms with Crippen LogP contribution < -0.4 is 15.5 Å². The summed E-state index contributed by atoms with van der Waals surface area (Å²) >= 11 is 0. The van der Waals surface area contributed by atoms with Gasteiger partial charge in [-0.1, -0.05) is 60.7 Å². The molecular formula is C26H21N3O4. The lowest BCUT2D eigenvalue weighted by atomic mass is 10.0. The average molecular weight is 439 g/mol. The minimum atomic E-state index is -0.935. The van der Waals surface area contributed by atoms with Gasteiger partial charge in [0.15, 0.2) is 0 Å². The van der Waals surface area contributed by atoms with Crippen molar-refractivity contribution in [2.24, 2.45) is 5.10 Å². The molecule has 0 spiro atoms. The molecule has 4 aromatic carbocycles. The van der Waals surface area contributed by atoms with Crippen LogP contribution in [0.15, 0.2) is 96.1 Å². The van der Waals surface area contributed by atoms with Crippen LogP contribution in [0.3, 0.4) is 0 Å². The Kier molecular flexibility index (Phi) is 6.61. The summed E-state index contributed by atoms with van der Waals surface area (Å²) in [5.74, 6) is -1.14. The summed E-state index contributed by atoms with van der Waals surface area (Å²) in [4.78, 5) is 24.2. The third-order valence-corrected chi connectivity index (χ3v) is 4.87. The maximum Gasteiger partial charge on any atom is 0.329 e. The van der Waals surface area contributed by atoms with Crippen LogP contribution in [-0.4, -0.2) is 23.1 Å². The van der Waals surface area contributed by atoms with E-state index in [-0.39, 0.29) is 5.75 Å². The number of aromatic hydroxyl groups is 1. The number of carbonyl (C=O) groups excluding carboxylic acids is 2. The van der Waals surface area contributed by atoms with Crippen LogP contribution in [0.2, 0.25) is 0 Å². The van der Waals surface area contributed by atoms with Gasteiger partial charge in [-0.25, -0.2) is 5.43 Å². The van der Waals surface area contributed by atoms with Gasteiger partial charge in [0.2, 0.25) is 0 Å². The Morgan fingerprint density at radius 1 is 0.848 bits per heavy atom. The van der Waals surface area contributed by atoms with Gasteiger partial charge in [0.25, 0.3) is 0 Å². The van der Waals surface area contributed by atoms with Crippen LogP contribution in [0.4, 0.5) is 5.69 Å². The Hall–Kier alpha value is -4.65. The number of benzene rings is 4. The van der Waals surface area contributed by atoms with E-state index in [9.17, 15) is 14.7 Å². The molecule has 164 valence electrons. The van der Waals surface area contributed by atoms with Crippen LogP contribution in [0, 0.1) is 0 Å². The number of fused-ring (bicyclic) bond motifs is 1. The second-order valence-corrected chi connectivity index (χ2v) is 7.17. The van der Waals surface area contributed by atoms with Crippen molar-refractivity contribution in [3.63, 3.8) is 0 Å². The van der Waals surface area contributed by atoms with Gasteiger partial charge in [0.1, 0.15) is 18.1 Å². The standard InChI is InChI=1S/C26H21N3O4/c30-24-15-10-19-8-4-5-9-22(19)23(24)16-27-29-26(32)25(31)28-20-11-13-21(14-12-20)33-17-18-6-2-1-3-7-18/h1-16,30H,17H2,(H,28,31)(H,29,32). The van der Waals surface area contributed by atoms with Gasteiger partial charge in [-0.3, -0.25) is 9.59 Å². The second kappa shape index (κ2) is 10.1. The van der Waals surface area contributed by atoms with Crippen molar-refractivity contribution in [3.05, 3.63) is 102 Å². The molecule has 0 heterocycles. The molecule has 33 heavy (non-hydrogen) atoms. The highest BCUT2D eigenvalue weighted by atomic mass is 16.5. The number of nitrogens with one attached hydrogen (secondary N) is 2. The van der Waals surface area contributed by atoms with Crippen LogP contribution >= 0.6 is 0 Å². The number of phenolic OH excluding ortho intramolecular Hbond substituents is 1. The SMILES string of the molecule is O=C(NN=Cc1c(O)ccc2ccccc12)C(=O)Nc1ccc(OCc2ccccc2)cc1. The second-order valence-electron chi connectivity index (χ2n) is 7.17. The minimum Gasteiger partial charge on any atom is -0.507 e. The highest BCUT2D eigenvalue weighted by Gasteiger charge is 2.13. The van der Waals surface area contributed by atoms with E-state index in [1.807, 2.05) is 54.6 Å². The molecule has 4 aromatic rings. The molecule has 0 radical (unpaired) electrons. The van der Waals surface area contributed by atoms with Crippen LogP contribution in [-0.2, 0) is 16.2 Å². The lowest BCUT2D eigenvalue weighted by Crippen LogP contribution is -2.32. The smallest absolute Gasteiger partial charge is 0.329 e. The van der Waals surface area contributed by atoms with Gasteiger partial charge in [0.05, 0.1) is 6.21 Å². The normalized spacial score (nSPS) is 10.8. The molecule has 0 saturated heterocycles. The van der Waals surface area contributed by atoms with Crippen molar-refractivity contribution >= 4 is 34.5 Å². The molecule has 3 N–H and O–H groups in total. The summed E-state index contributed by atoms with van der Waals surface area (Å²) in [6.07, 6.45) is 1.31. The van der Waals surface area contributed by atoms with Crippen molar-refractivity contribution in [1.29, 1.82) is 0 Å². The molecule has 0 atom stereocenters. The summed E-state index contributed by atoms with van der Waals surface area (Å²) < 4.78 is 5.70. The molecule has 0 unspecified atom stereocenters. The summed E-state index contributed by atoms with van der Waals surface area (Å²) in [5, 5.41) is 18.1. The predicted molar refractivity (Wildman–Crippen MR) is 127 cm³/mol. The largest absolute Gasteiger partial charge is 0.507 e. The Labute approximate surface area is 190 Å². The number of phenols is 1. The quantitative estimate of drug-likeness (QED) is 0.238. The summed E-state index contributed by atoms with van der Waals surface area (Å²) in [7, 11) is 0. The maximum absolute atomic E-state index is 12.2. The molecule has 0 bridgehead atoms. The first kappa shape index (κ1) is 21.6. The van der Waals surface area contributed by atoms with Crippen LogP contribution in [0.1, 0.15) is 11.1 Å². The molecule has 0 aliphatic heterocycles. The molecular weight excluding hydrogens is 418 g/mol. The number of anilines is 1. The molecule has 2 amide bonds. The lowest BCUT2D eigenvalue weighted by molar-refractivity contribution is -0.136. The Morgan fingerprint density at radius 2 is 1.58 bits per heavy atom. The first-order chi connectivity index (χ1) is 16.1. The first-order valence-electron chi connectivity index (χ1n) is 10.2. The molecule has 0 aromatic heterocycles. The third kappa shape index (κ3) is 5.54. The fourth-order valence-corrected chi connectivity index (χ4v) is 3.19. The third-order valence-electron chi connectivity index (χ3n) is 4.87. The van der Waals surface area contributed by atoms with Crippen molar-refractivity contribution in [2.75, 3.05) is 5.32 Å². The van der Waals surface area contributed by atoms with E-state index in [0.717, 1.165) is 16.3 Å². The molecule has 0 aliphatic carbocycles. The highest BCUT2D eigenvalue weighted by molar-refractivity contribution is 6.39. The molecule has 4 rings (SSSR count). The Balaban J connectivity index is 1.32. The topological polar surface area (TPSA) is 100 Å². The maximum atomic E-state index is 12.2. The van der Waals surface area contributed by atoms with Gasteiger partial charge in [-0.2, -0.15) is 5.10 Å². The van der Waals surface area contributed by atoms with Crippen LogP contribution in [0.5, 0.6) is 11.5 Å². The van der Waals surface area contributed by atoms with Crippen molar-refractivity contribution < 1.29 is 19.4 Å². The zero-order chi connectivity index (χ0) is 23.0. The Morgan fingerprint density at radius 3 is 2.36 bits per heavy atom. The molecule has 0 fully saturated rings. The number of hydrogen-bond donors (Lipinski definition) is 3. The highest BCUT2D eigenvalue weighted by Crippen LogP contribution is 2.25. The zero-order valence-electron chi connectivity index (χ0n) is 17.6. The van der Waals surface area contributed by atoms with Gasteiger partial charge in [0, 0.05) is 11.3 Å². The van der Waals surface area contributed by atoms with E-state index in [4.69, 9.17) is 4.74 Å². The predicted octanol–water partition coefficient (Wildman–Crippen LogP) is 4.21. The zero-order valence-corrected chi connectivity index (χ0v) is 17.6. The monoisotopic (exact) mass is 439 g/mol. The molecule has 7 nitrogen and oxygen atoms in total. The number of carbonyl (C=O) groups is 2. The van der Waals surface area contributed by atoms with Gasteiger partial charge in [-0.05, 0) is 46.7 Å². The summed E-state index contributed by atoms with van der Waals surface area (Å²) in [6, 6.07) is 27.2. The number of hydrazone groups is 1. The van der Waals surface area contributed by atoms with E-state index < -0.39 is 11.8 Å². The van der Waals surface area contributed by atoms with Crippen LogP contribution in [0.25, 0.3) is 10.8 Å². The molecule has 7 heteroatoms. The van der Waals surface area contributed by atoms with E-state index in [2.05, 4.69) is 15.8 Å². The minimum absolute atomic E-state index is 0.0192. The van der Waals surface area contributed by atoms with Gasteiger partial charge < -0.3 is 15.2 Å². The van der Waals surface area contributed by atoms with E-state index in [1.165, 1.54) is 6.21 Å². The van der Waals surface area contributed by atoms with E-state index >= 15 is 0 Å². The Bertz CT molecular complexity index is 1300. The number of nitrogens with zero attached hydrogens (tertiary/aromatic N) is 1. The fraction of sp³-hybridized carbons (Fsp3) is 0.0385. The average Bonchev–Trinajstić information content (AvgIpc) is 2.85. The van der Waals surface area contributed by atoms with E-state index in [0.29, 0.717) is 23.6 Å². The summed E-state index contributed by atoms with van der Waals surface area (Å²) in [6.45, 7) is 0.430. The first-order valence-corrected chi connectivity index (χ1v) is 10.2. The van der Waals surface area contributed by atoms with Gasteiger partial charge >= 0.3 is 11.8 Å². The molecule has 0 aliphatic rings.